The lowest BCUT2D eigenvalue weighted by molar-refractivity contribution is -0.137. The van der Waals surface area contributed by atoms with Gasteiger partial charge in [-0.3, -0.25) is 10.2 Å². The molecule has 0 aromatic rings. The third-order valence-corrected chi connectivity index (χ3v) is 3.28. The molecule has 6 nitrogen and oxygen atoms in total. The average molecular weight is 257 g/mol. The number of aliphatic carboxylic acids is 1. The minimum atomic E-state index is -0.914. The summed E-state index contributed by atoms with van der Waals surface area (Å²) >= 11 is 0. The van der Waals surface area contributed by atoms with Crippen LogP contribution in [0.1, 0.15) is 46.5 Å². The Balaban J connectivity index is 2.41. The Hall–Kier alpha value is -1.30. The van der Waals surface area contributed by atoms with Gasteiger partial charge in [0.25, 0.3) is 0 Å². The molecule has 6 heteroatoms. The van der Waals surface area contributed by atoms with Gasteiger partial charge in [-0.1, -0.05) is 6.42 Å². The van der Waals surface area contributed by atoms with Crippen LogP contribution in [0, 0.1) is 0 Å². The predicted molar refractivity (Wildman–Crippen MR) is 68.0 cm³/mol. The SMILES string of the molecule is CC(CC(=O)O)NC(=O)NN1C(C)CCCC1C. The molecule has 0 radical (unpaired) electrons. The van der Waals surface area contributed by atoms with E-state index in [1.165, 1.54) is 6.42 Å². The first kappa shape index (κ1) is 14.8. The van der Waals surface area contributed by atoms with Crippen LogP contribution < -0.4 is 10.7 Å². The first-order chi connectivity index (χ1) is 8.40. The quantitative estimate of drug-likeness (QED) is 0.709. The van der Waals surface area contributed by atoms with Crippen LogP contribution in [0.3, 0.4) is 0 Å². The van der Waals surface area contributed by atoms with Crippen LogP contribution in [0.5, 0.6) is 0 Å². The molecule has 0 aliphatic carbocycles. The molecule has 1 heterocycles. The highest BCUT2D eigenvalue weighted by atomic mass is 16.4. The third kappa shape index (κ3) is 4.52. The molecule has 1 fully saturated rings. The maximum absolute atomic E-state index is 11.7. The number of hydrogen-bond acceptors (Lipinski definition) is 3. The van der Waals surface area contributed by atoms with Crippen molar-refractivity contribution >= 4 is 12.0 Å². The number of rotatable bonds is 4. The van der Waals surface area contributed by atoms with Crippen molar-refractivity contribution in [2.45, 2.75) is 64.6 Å². The molecule has 1 saturated heterocycles. The number of carbonyl (C=O) groups is 2. The molecule has 0 spiro atoms. The topological polar surface area (TPSA) is 81.7 Å². The van der Waals surface area contributed by atoms with Crippen molar-refractivity contribution in [1.29, 1.82) is 0 Å². The third-order valence-electron chi connectivity index (χ3n) is 3.28. The van der Waals surface area contributed by atoms with Gasteiger partial charge in [0.2, 0.25) is 0 Å². The fourth-order valence-corrected chi connectivity index (χ4v) is 2.33. The van der Waals surface area contributed by atoms with Crippen molar-refractivity contribution < 1.29 is 14.7 Å². The summed E-state index contributed by atoms with van der Waals surface area (Å²) in [5, 5.41) is 13.2. The van der Waals surface area contributed by atoms with Gasteiger partial charge in [0.15, 0.2) is 0 Å². The van der Waals surface area contributed by atoms with Crippen LogP contribution in [0.4, 0.5) is 4.79 Å². The Morgan fingerprint density at radius 1 is 1.33 bits per heavy atom. The van der Waals surface area contributed by atoms with Crippen molar-refractivity contribution in [1.82, 2.24) is 15.8 Å². The molecule has 3 N–H and O–H groups in total. The molecule has 1 aliphatic heterocycles. The van der Waals surface area contributed by atoms with Crippen molar-refractivity contribution in [3.8, 4) is 0 Å². The standard InChI is InChI=1S/C12H23N3O3/c1-8(7-11(16)17)13-12(18)14-15-9(2)5-4-6-10(15)3/h8-10H,4-7H2,1-3H3,(H,16,17)(H2,13,14,18). The molecule has 2 amide bonds. The number of nitrogens with one attached hydrogen (secondary N) is 2. The van der Waals surface area contributed by atoms with Crippen molar-refractivity contribution in [2.24, 2.45) is 0 Å². The summed E-state index contributed by atoms with van der Waals surface area (Å²) < 4.78 is 0. The molecule has 0 saturated carbocycles. The number of hydrogen-bond donors (Lipinski definition) is 3. The monoisotopic (exact) mass is 257 g/mol. The minimum absolute atomic E-state index is 0.0709. The zero-order valence-corrected chi connectivity index (χ0v) is 11.3. The Morgan fingerprint density at radius 2 is 1.89 bits per heavy atom. The van der Waals surface area contributed by atoms with E-state index in [4.69, 9.17) is 5.11 Å². The second-order valence-electron chi connectivity index (χ2n) is 5.12. The summed E-state index contributed by atoms with van der Waals surface area (Å²) in [6, 6.07) is -0.0780. The van der Waals surface area contributed by atoms with Gasteiger partial charge < -0.3 is 10.4 Å². The van der Waals surface area contributed by atoms with Crippen molar-refractivity contribution in [2.75, 3.05) is 0 Å². The van der Waals surface area contributed by atoms with E-state index in [0.29, 0.717) is 12.1 Å². The van der Waals surface area contributed by atoms with Crippen LogP contribution in [0.2, 0.25) is 0 Å². The highest BCUT2D eigenvalue weighted by Gasteiger charge is 2.26. The van der Waals surface area contributed by atoms with Gasteiger partial charge in [0.05, 0.1) is 6.42 Å². The van der Waals surface area contributed by atoms with Gasteiger partial charge >= 0.3 is 12.0 Å². The fourth-order valence-electron chi connectivity index (χ4n) is 2.33. The number of urea groups is 1. The molecule has 0 aromatic carbocycles. The molecule has 1 aliphatic rings. The molecule has 0 bridgehead atoms. The van der Waals surface area contributed by atoms with E-state index in [1.807, 2.05) is 5.01 Å². The van der Waals surface area contributed by atoms with E-state index in [-0.39, 0.29) is 18.5 Å². The van der Waals surface area contributed by atoms with E-state index < -0.39 is 5.97 Å². The van der Waals surface area contributed by atoms with Crippen LogP contribution in [-0.4, -0.2) is 40.2 Å². The number of nitrogens with zero attached hydrogens (tertiary/aromatic N) is 1. The summed E-state index contributed by atoms with van der Waals surface area (Å²) in [6.07, 6.45) is 3.24. The summed E-state index contributed by atoms with van der Waals surface area (Å²) in [5.74, 6) is -0.914. The second-order valence-corrected chi connectivity index (χ2v) is 5.12. The van der Waals surface area contributed by atoms with Gasteiger partial charge in [0.1, 0.15) is 0 Å². The van der Waals surface area contributed by atoms with Gasteiger partial charge in [-0.25, -0.2) is 9.80 Å². The highest BCUT2D eigenvalue weighted by molar-refractivity contribution is 5.75. The van der Waals surface area contributed by atoms with E-state index in [1.54, 1.807) is 6.92 Å². The summed E-state index contributed by atoms with van der Waals surface area (Å²) in [7, 11) is 0. The lowest BCUT2D eigenvalue weighted by Crippen LogP contribution is -2.57. The number of carbonyl (C=O) groups excluding carboxylic acids is 1. The Morgan fingerprint density at radius 3 is 2.39 bits per heavy atom. The fraction of sp³-hybridized carbons (Fsp3) is 0.833. The zero-order chi connectivity index (χ0) is 13.7. The Bertz CT molecular complexity index is 299. The molecular weight excluding hydrogens is 234 g/mol. The first-order valence-electron chi connectivity index (χ1n) is 6.47. The van der Waals surface area contributed by atoms with E-state index >= 15 is 0 Å². The van der Waals surface area contributed by atoms with Crippen LogP contribution in [-0.2, 0) is 4.79 Å². The lowest BCUT2D eigenvalue weighted by Gasteiger charge is -2.38. The molecule has 18 heavy (non-hydrogen) atoms. The van der Waals surface area contributed by atoms with E-state index in [9.17, 15) is 9.59 Å². The number of carboxylic acid groups (broad SMARTS) is 1. The lowest BCUT2D eigenvalue weighted by atomic mass is 10.00. The number of hydrazine groups is 1. The van der Waals surface area contributed by atoms with E-state index in [0.717, 1.165) is 12.8 Å². The smallest absolute Gasteiger partial charge is 0.329 e. The van der Waals surface area contributed by atoms with Gasteiger partial charge in [-0.15, -0.1) is 0 Å². The maximum atomic E-state index is 11.7. The minimum Gasteiger partial charge on any atom is -0.481 e. The highest BCUT2D eigenvalue weighted by Crippen LogP contribution is 2.19. The second kappa shape index (κ2) is 6.58. The maximum Gasteiger partial charge on any atom is 0.329 e. The molecule has 104 valence electrons. The van der Waals surface area contributed by atoms with Gasteiger partial charge in [0, 0.05) is 18.1 Å². The molecule has 3 atom stereocenters. The van der Waals surface area contributed by atoms with E-state index in [2.05, 4.69) is 24.6 Å². The molecule has 0 aromatic heterocycles. The molecule has 1 rings (SSSR count). The summed E-state index contributed by atoms with van der Waals surface area (Å²) in [6.45, 7) is 5.84. The number of carboxylic acids is 1. The summed E-state index contributed by atoms with van der Waals surface area (Å²) in [5.41, 5.74) is 2.81. The first-order valence-corrected chi connectivity index (χ1v) is 6.47. The largest absolute Gasteiger partial charge is 0.481 e. The van der Waals surface area contributed by atoms with Crippen LogP contribution in [0.15, 0.2) is 0 Å². The number of amides is 2. The predicted octanol–water partition coefficient (Wildman–Crippen LogP) is 1.33. The normalized spacial score (nSPS) is 26.4. The summed E-state index contributed by atoms with van der Waals surface area (Å²) in [4.78, 5) is 22.2. The van der Waals surface area contributed by atoms with Crippen LogP contribution in [0.25, 0.3) is 0 Å². The van der Waals surface area contributed by atoms with Crippen molar-refractivity contribution in [3.63, 3.8) is 0 Å². The zero-order valence-electron chi connectivity index (χ0n) is 11.3. The molecule has 3 unspecified atom stereocenters. The Kier molecular flexibility index (Phi) is 5.40. The number of piperidine rings is 1. The van der Waals surface area contributed by atoms with Crippen LogP contribution >= 0.6 is 0 Å². The van der Waals surface area contributed by atoms with Gasteiger partial charge in [-0.2, -0.15) is 0 Å². The molecular formula is C12H23N3O3. The average Bonchev–Trinajstić information content (AvgIpc) is 2.22. The van der Waals surface area contributed by atoms with Gasteiger partial charge in [-0.05, 0) is 33.6 Å². The van der Waals surface area contributed by atoms with Crippen molar-refractivity contribution in [3.05, 3.63) is 0 Å². The Labute approximate surface area is 108 Å².